The van der Waals surface area contributed by atoms with Crippen molar-refractivity contribution in [3.8, 4) is 0 Å². The molecule has 1 heterocycles. The average Bonchev–Trinajstić information content (AvgIpc) is 2.66. The highest BCUT2D eigenvalue weighted by atomic mass is 16.5. The molecule has 0 saturated carbocycles. The molecule has 0 aliphatic rings. The van der Waals surface area contributed by atoms with Gasteiger partial charge >= 0.3 is 17.2 Å². The third-order valence-electron chi connectivity index (χ3n) is 6.50. The number of aromatic nitrogens is 2. The van der Waals surface area contributed by atoms with Crippen LogP contribution < -0.4 is 17.2 Å². The maximum absolute atomic E-state index is 13.7. The van der Waals surface area contributed by atoms with Crippen molar-refractivity contribution in [3.05, 3.63) is 31.6 Å². The Labute approximate surface area is 181 Å². The summed E-state index contributed by atoms with van der Waals surface area (Å²) in [7, 11) is 0. The summed E-state index contributed by atoms with van der Waals surface area (Å²) in [6.45, 7) is 12.4. The number of hydrogen-bond donors (Lipinski definition) is 0. The number of rotatable bonds is 15. The number of hydrogen-bond acceptors (Lipinski definition) is 4. The van der Waals surface area contributed by atoms with Crippen molar-refractivity contribution >= 4 is 0 Å². The molecule has 0 amide bonds. The average molecular weight is 425 g/mol. The zero-order valence-electron chi connectivity index (χ0n) is 20.2. The third kappa shape index (κ3) is 6.45. The zero-order chi connectivity index (χ0) is 22.8. The molecule has 0 bridgehead atoms. The van der Waals surface area contributed by atoms with Gasteiger partial charge in [0.2, 0.25) is 0 Å². The molecule has 6 nitrogen and oxygen atoms in total. The van der Waals surface area contributed by atoms with Gasteiger partial charge in [0.15, 0.2) is 0 Å². The van der Waals surface area contributed by atoms with Crippen LogP contribution in [0.1, 0.15) is 125 Å². The lowest BCUT2D eigenvalue weighted by atomic mass is 9.88. The van der Waals surface area contributed by atoms with E-state index in [9.17, 15) is 14.4 Å². The van der Waals surface area contributed by atoms with E-state index < -0.39 is 28.3 Å². The smallest absolute Gasteiger partial charge is 0.358 e. The van der Waals surface area contributed by atoms with Crippen molar-refractivity contribution in [1.82, 2.24) is 9.13 Å². The van der Waals surface area contributed by atoms with Gasteiger partial charge in [-0.15, -0.1) is 0 Å². The number of unbranched alkanes of at least 4 members (excludes halogenated alkanes) is 5. The van der Waals surface area contributed by atoms with Crippen LogP contribution in [0.3, 0.4) is 0 Å². The van der Waals surface area contributed by atoms with E-state index in [1.54, 1.807) is 0 Å². The fraction of sp³-hybridized carbons (Fsp3) is 0.875. The fourth-order valence-corrected chi connectivity index (χ4v) is 4.63. The molecular weight excluding hydrogens is 380 g/mol. The molecule has 0 aromatic carbocycles. The Balaban J connectivity index is 3.62. The maximum atomic E-state index is 13.7. The van der Waals surface area contributed by atoms with Crippen LogP contribution in [0.4, 0.5) is 0 Å². The topological polar surface area (TPSA) is 74.2 Å². The van der Waals surface area contributed by atoms with Gasteiger partial charge in [0.25, 0.3) is 0 Å². The van der Waals surface area contributed by atoms with Gasteiger partial charge in [-0.25, -0.2) is 23.5 Å². The van der Waals surface area contributed by atoms with Crippen molar-refractivity contribution < 1.29 is 4.42 Å². The minimum atomic E-state index is -0.819. The van der Waals surface area contributed by atoms with Crippen molar-refractivity contribution in [1.29, 1.82) is 0 Å². The van der Waals surface area contributed by atoms with Crippen LogP contribution in [-0.4, -0.2) is 9.13 Å². The molecule has 0 radical (unpaired) electrons. The Morgan fingerprint density at radius 2 is 1.00 bits per heavy atom. The Morgan fingerprint density at radius 1 is 0.600 bits per heavy atom. The van der Waals surface area contributed by atoms with Crippen molar-refractivity contribution in [2.45, 2.75) is 136 Å². The van der Waals surface area contributed by atoms with Gasteiger partial charge in [0, 0.05) is 0 Å². The molecule has 0 aliphatic carbocycles. The Morgan fingerprint density at radius 3 is 1.40 bits per heavy atom. The Hall–Kier alpha value is -1.59. The summed E-state index contributed by atoms with van der Waals surface area (Å²) < 4.78 is 7.67. The van der Waals surface area contributed by atoms with Gasteiger partial charge in [-0.2, -0.15) is 0 Å². The highest BCUT2D eigenvalue weighted by Gasteiger charge is 2.36. The van der Waals surface area contributed by atoms with Gasteiger partial charge in [-0.3, -0.25) is 0 Å². The van der Waals surface area contributed by atoms with Crippen LogP contribution in [0.15, 0.2) is 18.8 Å². The highest BCUT2D eigenvalue weighted by molar-refractivity contribution is 4.91. The quantitative estimate of drug-likeness (QED) is 0.346. The fourth-order valence-electron chi connectivity index (χ4n) is 4.63. The first-order chi connectivity index (χ1) is 14.2. The second-order valence-electron chi connectivity index (χ2n) is 9.35. The van der Waals surface area contributed by atoms with Crippen LogP contribution in [0.5, 0.6) is 0 Å². The van der Waals surface area contributed by atoms with Crippen molar-refractivity contribution in [2.24, 2.45) is 0 Å². The molecule has 1 rings (SSSR count). The largest absolute Gasteiger partial charge is 0.427 e. The number of nitrogens with zero attached hydrogens (tertiary/aromatic N) is 2. The molecule has 2 atom stereocenters. The van der Waals surface area contributed by atoms with Crippen LogP contribution in [-0.2, 0) is 11.1 Å². The van der Waals surface area contributed by atoms with Gasteiger partial charge in [-0.1, -0.05) is 85.5 Å². The SMILES string of the molecule is CCCCCC(C)(CCC)n1c(=O)oc(=O)n(C(C)(CCCC)CCCCC)c1=O. The van der Waals surface area contributed by atoms with Crippen molar-refractivity contribution in [2.75, 3.05) is 0 Å². The molecule has 30 heavy (non-hydrogen) atoms. The standard InChI is InChI=1S/C24H44N2O4/c1-7-11-14-18-23(5,16-10-4)25-20(27)26(22(29)30-21(25)28)24(6,17-13-9-3)19-15-12-8-2/h7-19H2,1-6H3. The van der Waals surface area contributed by atoms with Gasteiger partial charge in [-0.05, 0) is 39.5 Å². The summed E-state index contributed by atoms with van der Waals surface area (Å²) in [5, 5.41) is 0. The Bertz CT molecular complexity index is 807. The molecular formula is C24H44N2O4. The monoisotopic (exact) mass is 424 g/mol. The van der Waals surface area contributed by atoms with Crippen LogP contribution >= 0.6 is 0 Å². The lowest BCUT2D eigenvalue weighted by Crippen LogP contribution is -2.58. The summed E-state index contributed by atoms with van der Waals surface area (Å²) in [5.74, 6) is -1.64. The predicted molar refractivity (Wildman–Crippen MR) is 124 cm³/mol. The molecule has 0 fully saturated rings. The zero-order valence-corrected chi connectivity index (χ0v) is 20.2. The molecule has 1 aromatic rings. The normalized spacial score (nSPS) is 15.7. The van der Waals surface area contributed by atoms with Gasteiger partial charge < -0.3 is 4.42 Å². The first kappa shape index (κ1) is 26.4. The lowest BCUT2D eigenvalue weighted by molar-refractivity contribution is 0.148. The van der Waals surface area contributed by atoms with Crippen LogP contribution in [0.25, 0.3) is 0 Å². The van der Waals surface area contributed by atoms with Crippen LogP contribution in [0.2, 0.25) is 0 Å². The molecule has 1 aromatic heterocycles. The first-order valence-electron chi connectivity index (χ1n) is 12.1. The van der Waals surface area contributed by atoms with E-state index in [-0.39, 0.29) is 0 Å². The summed E-state index contributed by atoms with van der Waals surface area (Å²) in [4.78, 5) is 39.2. The second-order valence-corrected chi connectivity index (χ2v) is 9.35. The minimum Gasteiger partial charge on any atom is -0.358 e. The second kappa shape index (κ2) is 12.3. The van der Waals surface area contributed by atoms with Crippen LogP contribution in [0, 0.1) is 0 Å². The van der Waals surface area contributed by atoms with Gasteiger partial charge in [0.05, 0.1) is 11.1 Å². The van der Waals surface area contributed by atoms with E-state index in [1.807, 2.05) is 13.8 Å². The molecule has 174 valence electrons. The van der Waals surface area contributed by atoms with E-state index >= 15 is 0 Å². The molecule has 0 aliphatic heterocycles. The molecule has 0 N–H and O–H groups in total. The lowest BCUT2D eigenvalue weighted by Gasteiger charge is -2.34. The Kier molecular flexibility index (Phi) is 10.9. The first-order valence-corrected chi connectivity index (χ1v) is 12.1. The van der Waals surface area contributed by atoms with E-state index in [1.165, 1.54) is 9.13 Å². The van der Waals surface area contributed by atoms with Gasteiger partial charge in [0.1, 0.15) is 0 Å². The summed E-state index contributed by atoms with van der Waals surface area (Å²) >= 11 is 0. The maximum Gasteiger partial charge on any atom is 0.427 e. The van der Waals surface area contributed by atoms with E-state index in [4.69, 9.17) is 4.42 Å². The van der Waals surface area contributed by atoms with E-state index in [2.05, 4.69) is 27.7 Å². The van der Waals surface area contributed by atoms with E-state index in [0.29, 0.717) is 6.42 Å². The van der Waals surface area contributed by atoms with Crippen molar-refractivity contribution in [3.63, 3.8) is 0 Å². The highest BCUT2D eigenvalue weighted by Crippen LogP contribution is 2.29. The molecule has 0 spiro atoms. The summed E-state index contributed by atoms with van der Waals surface area (Å²) in [6.07, 6.45) is 11.7. The predicted octanol–water partition coefficient (Wildman–Crippen LogP) is 5.54. The summed E-state index contributed by atoms with van der Waals surface area (Å²) in [5.41, 5.74) is -1.79. The molecule has 6 heteroatoms. The molecule has 2 unspecified atom stereocenters. The van der Waals surface area contributed by atoms with E-state index in [0.717, 1.165) is 77.0 Å². The third-order valence-corrected chi connectivity index (χ3v) is 6.50. The minimum absolute atomic E-state index is 0.501. The summed E-state index contributed by atoms with van der Waals surface area (Å²) in [6, 6.07) is 0. The molecule has 0 saturated heterocycles.